The maximum Gasteiger partial charge on any atom is 0.179 e. The third-order valence-electron chi connectivity index (χ3n) is 14.1. The van der Waals surface area contributed by atoms with E-state index in [-0.39, 0.29) is 0 Å². The van der Waals surface area contributed by atoms with E-state index in [0.29, 0.717) is 5.92 Å². The molecule has 0 atom stereocenters. The van der Waals surface area contributed by atoms with Gasteiger partial charge in [-0.2, -0.15) is 0 Å². The first-order chi connectivity index (χ1) is 31.3. The molecular formula is C60H48N2Si. The molecule has 1 aliphatic carbocycles. The number of para-hydroxylation sites is 2. The highest BCUT2D eigenvalue weighted by Crippen LogP contribution is 2.42. The molecular weight excluding hydrogens is 777 g/mol. The highest BCUT2D eigenvalue weighted by Gasteiger charge is 2.41. The lowest BCUT2D eigenvalue weighted by Crippen LogP contribution is -2.74. The smallest absolute Gasteiger partial charge is 0.179 e. The van der Waals surface area contributed by atoms with Gasteiger partial charge in [-0.15, -0.1) is 0 Å². The quantitative estimate of drug-likeness (QED) is 0.107. The molecule has 2 nitrogen and oxygen atoms in total. The average molecular weight is 825 g/mol. The number of aromatic nitrogens is 2. The van der Waals surface area contributed by atoms with E-state index < -0.39 is 8.07 Å². The van der Waals surface area contributed by atoms with Crippen molar-refractivity contribution in [3.8, 4) is 22.5 Å². The molecule has 3 heteroatoms. The molecule has 0 N–H and O–H groups in total. The van der Waals surface area contributed by atoms with Gasteiger partial charge < -0.3 is 9.13 Å². The van der Waals surface area contributed by atoms with E-state index in [1.54, 1.807) is 0 Å². The van der Waals surface area contributed by atoms with Crippen molar-refractivity contribution in [2.24, 2.45) is 0 Å². The Morgan fingerprint density at radius 2 is 0.889 bits per heavy atom. The van der Waals surface area contributed by atoms with Gasteiger partial charge in [0.2, 0.25) is 0 Å². The number of fused-ring (bicyclic) bond motifs is 6. The molecule has 302 valence electrons. The normalized spacial score (nSPS) is 13.7. The third kappa shape index (κ3) is 6.13. The van der Waals surface area contributed by atoms with Crippen LogP contribution >= 0.6 is 0 Å². The van der Waals surface area contributed by atoms with Gasteiger partial charge in [0.25, 0.3) is 0 Å². The zero-order valence-electron chi connectivity index (χ0n) is 35.4. The molecule has 0 saturated heterocycles. The molecule has 0 aliphatic heterocycles. The van der Waals surface area contributed by atoms with Crippen LogP contribution in [0.25, 0.3) is 66.1 Å². The molecule has 0 radical (unpaired) electrons. The standard InChI is InChI=1S/C60H48N2Si/c1-5-19-43(20-6-1)46-37-40-53-52-29-13-15-31-55(52)62(59(53)42-46)58-34-18-33-57-60(58)54-30-14-16-32-56(54)61(57)47-38-35-44(36-39-47)45-21-17-28-51(41-45)63(48-22-7-2-8-23-48,49-24-9-3-10-25-49)50-26-11-4-12-27-50/h2-4,7-18,21-43H,1,5-6,19-20H2. The predicted molar refractivity (Wildman–Crippen MR) is 270 cm³/mol. The van der Waals surface area contributed by atoms with Gasteiger partial charge in [-0.25, -0.2) is 0 Å². The first-order valence-corrected chi connectivity index (χ1v) is 24.7. The molecule has 9 aromatic carbocycles. The maximum atomic E-state index is 2.55. The molecule has 2 aromatic heterocycles. The lowest BCUT2D eigenvalue weighted by atomic mass is 9.84. The van der Waals surface area contributed by atoms with Gasteiger partial charge in [-0.05, 0) is 98.7 Å². The molecule has 1 aliphatic rings. The minimum atomic E-state index is -2.66. The molecule has 11 aromatic rings. The minimum Gasteiger partial charge on any atom is -0.309 e. The Balaban J connectivity index is 1.00. The highest BCUT2D eigenvalue weighted by atomic mass is 28.3. The summed E-state index contributed by atoms with van der Waals surface area (Å²) < 4.78 is 5.02. The Labute approximate surface area is 370 Å². The van der Waals surface area contributed by atoms with Crippen LogP contribution in [-0.4, -0.2) is 17.2 Å². The van der Waals surface area contributed by atoms with Crippen molar-refractivity contribution >= 4 is 72.4 Å². The summed E-state index contributed by atoms with van der Waals surface area (Å²) in [6, 6.07) is 84.3. The number of hydrogen-bond acceptors (Lipinski definition) is 0. The molecule has 0 unspecified atom stereocenters. The summed E-state index contributed by atoms with van der Waals surface area (Å²) >= 11 is 0. The first-order valence-electron chi connectivity index (χ1n) is 22.7. The molecule has 0 spiro atoms. The molecule has 1 saturated carbocycles. The van der Waals surface area contributed by atoms with Crippen LogP contribution in [0.2, 0.25) is 0 Å². The van der Waals surface area contributed by atoms with Crippen LogP contribution in [0.1, 0.15) is 43.6 Å². The first kappa shape index (κ1) is 37.5. The summed E-state index contributed by atoms with van der Waals surface area (Å²) in [4.78, 5) is 0. The summed E-state index contributed by atoms with van der Waals surface area (Å²) in [5.74, 6) is 0.638. The van der Waals surface area contributed by atoms with E-state index in [1.807, 2.05) is 0 Å². The van der Waals surface area contributed by atoms with Crippen LogP contribution in [0.4, 0.5) is 0 Å². The van der Waals surface area contributed by atoms with E-state index in [1.165, 1.54) is 119 Å². The van der Waals surface area contributed by atoms with Crippen LogP contribution in [0, 0.1) is 0 Å². The van der Waals surface area contributed by atoms with Crippen LogP contribution in [0.3, 0.4) is 0 Å². The van der Waals surface area contributed by atoms with Gasteiger partial charge in [0.1, 0.15) is 0 Å². The fourth-order valence-electron chi connectivity index (χ4n) is 11.2. The van der Waals surface area contributed by atoms with Crippen LogP contribution in [0.15, 0.2) is 224 Å². The SMILES string of the molecule is c1ccc([Si](c2ccccc2)(c2ccccc2)c2cccc(-c3ccc(-n4c5ccccc5c5c(-n6c7ccccc7c7ccc(C8CCCCC8)cc76)cccc54)cc3)c2)cc1. The van der Waals surface area contributed by atoms with E-state index in [2.05, 4.69) is 234 Å². The Morgan fingerprint density at radius 1 is 0.349 bits per heavy atom. The van der Waals surface area contributed by atoms with Crippen molar-refractivity contribution in [2.75, 3.05) is 0 Å². The Hall–Kier alpha value is -7.20. The minimum absolute atomic E-state index is 0.638. The van der Waals surface area contributed by atoms with Gasteiger partial charge in [-0.1, -0.05) is 201 Å². The van der Waals surface area contributed by atoms with E-state index in [9.17, 15) is 0 Å². The monoisotopic (exact) mass is 824 g/mol. The van der Waals surface area contributed by atoms with Gasteiger partial charge in [-0.3, -0.25) is 0 Å². The molecule has 0 amide bonds. The number of rotatable bonds is 8. The van der Waals surface area contributed by atoms with E-state index in [0.717, 1.165) is 5.69 Å². The fraction of sp³-hybridized carbons (Fsp3) is 0.100. The summed E-state index contributed by atoms with van der Waals surface area (Å²) in [6.45, 7) is 0. The van der Waals surface area contributed by atoms with Gasteiger partial charge in [0.05, 0.1) is 27.8 Å². The average Bonchev–Trinajstić information content (AvgIpc) is 3.88. The topological polar surface area (TPSA) is 9.86 Å². The van der Waals surface area contributed by atoms with E-state index in [4.69, 9.17) is 0 Å². The summed E-state index contributed by atoms with van der Waals surface area (Å²) in [6.07, 6.45) is 6.60. The van der Waals surface area contributed by atoms with Crippen LogP contribution < -0.4 is 20.7 Å². The Bertz CT molecular complexity index is 3320. The summed E-state index contributed by atoms with van der Waals surface area (Å²) in [5, 5.41) is 10.7. The number of nitrogens with zero attached hydrogens (tertiary/aromatic N) is 2. The van der Waals surface area contributed by atoms with Crippen molar-refractivity contribution in [3.63, 3.8) is 0 Å². The molecule has 1 fully saturated rings. The second-order valence-corrected chi connectivity index (χ2v) is 21.3. The maximum absolute atomic E-state index is 2.66. The van der Waals surface area contributed by atoms with Crippen molar-refractivity contribution in [1.82, 2.24) is 9.13 Å². The van der Waals surface area contributed by atoms with Crippen molar-refractivity contribution in [3.05, 3.63) is 230 Å². The molecule has 12 rings (SSSR count). The highest BCUT2D eigenvalue weighted by molar-refractivity contribution is 7.19. The Morgan fingerprint density at radius 3 is 1.56 bits per heavy atom. The van der Waals surface area contributed by atoms with Crippen molar-refractivity contribution < 1.29 is 0 Å². The number of hydrogen-bond donors (Lipinski definition) is 0. The predicted octanol–water partition coefficient (Wildman–Crippen LogP) is 13.0. The lowest BCUT2D eigenvalue weighted by Gasteiger charge is -2.34. The van der Waals surface area contributed by atoms with Crippen molar-refractivity contribution in [1.29, 1.82) is 0 Å². The second-order valence-electron chi connectivity index (χ2n) is 17.5. The fourth-order valence-corrected chi connectivity index (χ4v) is 16.0. The largest absolute Gasteiger partial charge is 0.309 e. The zero-order chi connectivity index (χ0) is 41.7. The van der Waals surface area contributed by atoms with Crippen LogP contribution in [0.5, 0.6) is 0 Å². The van der Waals surface area contributed by atoms with Crippen molar-refractivity contribution in [2.45, 2.75) is 38.0 Å². The summed E-state index contributed by atoms with van der Waals surface area (Å²) in [5.41, 5.74) is 11.3. The summed E-state index contributed by atoms with van der Waals surface area (Å²) in [7, 11) is -2.66. The molecule has 63 heavy (non-hydrogen) atoms. The second kappa shape index (κ2) is 15.6. The number of benzene rings is 9. The van der Waals surface area contributed by atoms with Gasteiger partial charge in [0, 0.05) is 27.2 Å². The Kier molecular flexibility index (Phi) is 9.30. The van der Waals surface area contributed by atoms with Gasteiger partial charge >= 0.3 is 0 Å². The van der Waals surface area contributed by atoms with Gasteiger partial charge in [0.15, 0.2) is 8.07 Å². The van der Waals surface area contributed by atoms with Crippen LogP contribution in [-0.2, 0) is 0 Å². The van der Waals surface area contributed by atoms with E-state index >= 15 is 0 Å². The zero-order valence-corrected chi connectivity index (χ0v) is 36.4. The molecule has 0 bridgehead atoms. The molecule has 2 heterocycles. The lowest BCUT2D eigenvalue weighted by molar-refractivity contribution is 0.444. The third-order valence-corrected chi connectivity index (χ3v) is 18.8.